The third kappa shape index (κ3) is 2.38. The summed E-state index contributed by atoms with van der Waals surface area (Å²) in [4.78, 5) is 13.2. The fourth-order valence-corrected chi connectivity index (χ4v) is 2.35. The van der Waals surface area contributed by atoms with E-state index in [1.165, 1.54) is 7.11 Å². The van der Waals surface area contributed by atoms with Gasteiger partial charge in [-0.05, 0) is 7.05 Å². The van der Waals surface area contributed by atoms with Gasteiger partial charge < -0.3 is 9.64 Å². The highest BCUT2D eigenvalue weighted by atomic mass is 32.2. The van der Waals surface area contributed by atoms with Crippen molar-refractivity contribution in [1.29, 1.82) is 0 Å². The summed E-state index contributed by atoms with van der Waals surface area (Å²) >= 11 is 1.68. The lowest BCUT2D eigenvalue weighted by molar-refractivity contribution is -0.140. The molecule has 0 spiro atoms. The van der Waals surface area contributed by atoms with Gasteiger partial charge in [0, 0.05) is 18.8 Å². The third-order valence-electron chi connectivity index (χ3n) is 1.73. The second-order valence-electron chi connectivity index (χ2n) is 2.64. The van der Waals surface area contributed by atoms with Crippen molar-refractivity contribution in [1.82, 2.24) is 4.90 Å². The number of hydrogen-bond acceptors (Lipinski definition) is 4. The van der Waals surface area contributed by atoms with Crippen LogP contribution in [0.4, 0.5) is 0 Å². The van der Waals surface area contributed by atoms with Crippen LogP contribution in [0.1, 0.15) is 0 Å². The van der Waals surface area contributed by atoms with Crippen LogP contribution in [0.15, 0.2) is 0 Å². The van der Waals surface area contributed by atoms with Crippen molar-refractivity contribution in [2.45, 2.75) is 5.25 Å². The van der Waals surface area contributed by atoms with Gasteiger partial charge in [0.25, 0.3) is 0 Å². The molecule has 1 unspecified atom stereocenters. The first kappa shape index (κ1) is 8.87. The molecule has 64 valence electrons. The van der Waals surface area contributed by atoms with Gasteiger partial charge >= 0.3 is 5.97 Å². The highest BCUT2D eigenvalue weighted by Gasteiger charge is 2.24. The molecule has 0 aromatic heterocycles. The van der Waals surface area contributed by atoms with Crippen molar-refractivity contribution < 1.29 is 9.53 Å². The second kappa shape index (κ2) is 3.97. The lowest BCUT2D eigenvalue weighted by Crippen LogP contribution is -2.39. The predicted molar refractivity (Wildman–Crippen MR) is 45.8 cm³/mol. The van der Waals surface area contributed by atoms with Gasteiger partial charge in [-0.3, -0.25) is 4.79 Å². The average Bonchev–Trinajstić information content (AvgIpc) is 2.03. The Labute approximate surface area is 71.1 Å². The Bertz CT molecular complexity index is 151. The smallest absolute Gasteiger partial charge is 0.320 e. The quantitative estimate of drug-likeness (QED) is 0.533. The summed E-state index contributed by atoms with van der Waals surface area (Å²) in [5.74, 6) is 0.928. The minimum absolute atomic E-state index is 0.0266. The summed E-state index contributed by atoms with van der Waals surface area (Å²) in [5.41, 5.74) is 0. The molecule has 0 aromatic rings. The Morgan fingerprint density at radius 2 is 2.45 bits per heavy atom. The molecule has 3 nitrogen and oxygen atoms in total. The van der Waals surface area contributed by atoms with Gasteiger partial charge in [-0.15, -0.1) is 11.8 Å². The van der Waals surface area contributed by atoms with Crippen LogP contribution >= 0.6 is 11.8 Å². The Morgan fingerprint density at radius 1 is 1.73 bits per heavy atom. The molecular formula is C7H13NO2S. The van der Waals surface area contributed by atoms with Crippen LogP contribution in [-0.2, 0) is 9.53 Å². The van der Waals surface area contributed by atoms with E-state index < -0.39 is 0 Å². The molecular weight excluding hydrogens is 162 g/mol. The van der Waals surface area contributed by atoms with Crippen molar-refractivity contribution in [2.75, 3.05) is 33.0 Å². The van der Waals surface area contributed by atoms with Crippen LogP contribution in [0.3, 0.4) is 0 Å². The topological polar surface area (TPSA) is 29.5 Å². The summed E-state index contributed by atoms with van der Waals surface area (Å²) in [6.07, 6.45) is 0. The first-order chi connectivity index (χ1) is 5.24. The summed E-state index contributed by atoms with van der Waals surface area (Å²) in [6, 6.07) is 0. The second-order valence-corrected chi connectivity index (χ2v) is 3.96. The van der Waals surface area contributed by atoms with E-state index in [9.17, 15) is 4.79 Å². The zero-order valence-corrected chi connectivity index (χ0v) is 7.69. The van der Waals surface area contributed by atoms with Crippen molar-refractivity contribution in [2.24, 2.45) is 0 Å². The van der Waals surface area contributed by atoms with E-state index in [0.717, 1.165) is 18.8 Å². The van der Waals surface area contributed by atoms with Crippen LogP contribution < -0.4 is 0 Å². The summed E-state index contributed by atoms with van der Waals surface area (Å²) in [6.45, 7) is 1.88. The van der Waals surface area contributed by atoms with Gasteiger partial charge in [-0.1, -0.05) is 0 Å². The third-order valence-corrected chi connectivity index (χ3v) is 2.90. The van der Waals surface area contributed by atoms with E-state index in [-0.39, 0.29) is 11.2 Å². The van der Waals surface area contributed by atoms with Crippen LogP contribution in [0.25, 0.3) is 0 Å². The molecule has 1 atom stereocenters. The zero-order valence-electron chi connectivity index (χ0n) is 6.87. The normalized spacial score (nSPS) is 26.5. The Kier molecular flexibility index (Phi) is 3.20. The van der Waals surface area contributed by atoms with Gasteiger partial charge in [-0.2, -0.15) is 0 Å². The summed E-state index contributed by atoms with van der Waals surface area (Å²) in [7, 11) is 3.47. The van der Waals surface area contributed by atoms with Crippen LogP contribution in [0, 0.1) is 0 Å². The van der Waals surface area contributed by atoms with Gasteiger partial charge in [0.15, 0.2) is 0 Å². The number of thioether (sulfide) groups is 1. The Balaban J connectivity index is 2.39. The molecule has 1 saturated heterocycles. The van der Waals surface area contributed by atoms with Crippen molar-refractivity contribution in [3.8, 4) is 0 Å². The SMILES string of the molecule is COC(=O)C1CN(C)CCS1. The van der Waals surface area contributed by atoms with E-state index in [1.807, 2.05) is 7.05 Å². The largest absolute Gasteiger partial charge is 0.468 e. The average molecular weight is 175 g/mol. The Hall–Kier alpha value is -0.220. The number of carbonyl (C=O) groups excluding carboxylic acids is 1. The minimum Gasteiger partial charge on any atom is -0.468 e. The van der Waals surface area contributed by atoms with Crippen molar-refractivity contribution >= 4 is 17.7 Å². The van der Waals surface area contributed by atoms with Gasteiger partial charge in [-0.25, -0.2) is 0 Å². The molecule has 1 aliphatic rings. The van der Waals surface area contributed by atoms with Crippen LogP contribution in [0.5, 0.6) is 0 Å². The molecule has 0 amide bonds. The molecule has 0 N–H and O–H groups in total. The standard InChI is InChI=1S/C7H13NO2S/c1-8-3-4-11-6(5-8)7(9)10-2/h6H,3-5H2,1-2H3. The molecule has 0 aromatic carbocycles. The lowest BCUT2D eigenvalue weighted by atomic mass is 10.4. The number of carbonyl (C=O) groups is 1. The fourth-order valence-electron chi connectivity index (χ4n) is 1.05. The van der Waals surface area contributed by atoms with Gasteiger partial charge in [0.1, 0.15) is 5.25 Å². The number of ether oxygens (including phenoxy) is 1. The summed E-state index contributed by atoms with van der Waals surface area (Å²) < 4.78 is 4.65. The number of esters is 1. The number of nitrogens with zero attached hydrogens (tertiary/aromatic N) is 1. The van der Waals surface area contributed by atoms with Gasteiger partial charge in [0.2, 0.25) is 0 Å². The van der Waals surface area contributed by atoms with E-state index in [2.05, 4.69) is 9.64 Å². The molecule has 0 radical (unpaired) electrons. The maximum Gasteiger partial charge on any atom is 0.320 e. The van der Waals surface area contributed by atoms with Crippen LogP contribution in [0.2, 0.25) is 0 Å². The van der Waals surface area contributed by atoms with Crippen molar-refractivity contribution in [3.05, 3.63) is 0 Å². The summed E-state index contributed by atoms with van der Waals surface area (Å²) in [5, 5.41) is 0.0266. The number of rotatable bonds is 1. The van der Waals surface area contributed by atoms with Crippen LogP contribution in [-0.4, -0.2) is 49.1 Å². The maximum atomic E-state index is 11.0. The van der Waals surface area contributed by atoms with E-state index in [0.29, 0.717) is 0 Å². The molecule has 1 heterocycles. The molecule has 1 fully saturated rings. The first-order valence-electron chi connectivity index (χ1n) is 3.62. The minimum atomic E-state index is -0.0958. The monoisotopic (exact) mass is 175 g/mol. The van der Waals surface area contributed by atoms with E-state index in [4.69, 9.17) is 0 Å². The highest BCUT2D eigenvalue weighted by molar-refractivity contribution is 8.00. The number of methoxy groups -OCH3 is 1. The highest BCUT2D eigenvalue weighted by Crippen LogP contribution is 2.18. The molecule has 1 aliphatic heterocycles. The molecule has 11 heavy (non-hydrogen) atoms. The molecule has 4 heteroatoms. The van der Waals surface area contributed by atoms with Gasteiger partial charge in [0.05, 0.1) is 7.11 Å². The molecule has 1 rings (SSSR count). The van der Waals surface area contributed by atoms with E-state index in [1.54, 1.807) is 11.8 Å². The predicted octanol–water partition coefficient (Wildman–Crippen LogP) is 0.207. The number of hydrogen-bond donors (Lipinski definition) is 0. The van der Waals surface area contributed by atoms with E-state index >= 15 is 0 Å². The lowest BCUT2D eigenvalue weighted by Gasteiger charge is -2.27. The first-order valence-corrected chi connectivity index (χ1v) is 4.67. The maximum absolute atomic E-state index is 11.0. The Morgan fingerprint density at radius 3 is 3.00 bits per heavy atom. The fraction of sp³-hybridized carbons (Fsp3) is 0.857. The molecule has 0 bridgehead atoms. The zero-order chi connectivity index (χ0) is 8.27. The molecule has 0 aliphatic carbocycles. The van der Waals surface area contributed by atoms with Crippen molar-refractivity contribution in [3.63, 3.8) is 0 Å². The molecule has 0 saturated carbocycles.